The van der Waals surface area contributed by atoms with Crippen LogP contribution in [0.15, 0.2) is 36.4 Å². The van der Waals surface area contributed by atoms with Crippen molar-refractivity contribution in [3.8, 4) is 35.3 Å². The number of carbonyl (C=O) groups is 1. The molecule has 0 unspecified atom stereocenters. The Morgan fingerprint density at radius 1 is 1.26 bits per heavy atom. The maximum absolute atomic E-state index is 12.5. The number of benzene rings is 2. The van der Waals surface area contributed by atoms with E-state index in [1.807, 2.05) is 0 Å². The molecule has 27 heavy (non-hydrogen) atoms. The molecule has 0 bridgehead atoms. The summed E-state index contributed by atoms with van der Waals surface area (Å²) >= 11 is 6.24. The van der Waals surface area contributed by atoms with Crippen LogP contribution in [0.25, 0.3) is 6.08 Å². The van der Waals surface area contributed by atoms with Gasteiger partial charge in [0.1, 0.15) is 19.8 Å². The highest BCUT2D eigenvalue weighted by atomic mass is 35.5. The quantitative estimate of drug-likeness (QED) is 0.427. The summed E-state index contributed by atoms with van der Waals surface area (Å²) in [7, 11) is 1.50. The summed E-state index contributed by atoms with van der Waals surface area (Å²) in [4.78, 5) is 12.5. The number of hydrogen-bond acceptors (Lipinski definition) is 5. The standard InChI is InChI=1S/C21H17ClO5/c1-3-8-27-21-16(22)11-14(12-20(21)24-2)4-6-17(23)15-5-7-18-19(13-15)26-10-9-25-18/h1,4-7,11-13H,8-10H2,2H3. The van der Waals surface area contributed by atoms with Gasteiger partial charge in [-0.05, 0) is 42.0 Å². The van der Waals surface area contributed by atoms with Crippen LogP contribution in [-0.2, 0) is 0 Å². The SMILES string of the molecule is C#CCOc1c(Cl)cc(C=CC(=O)c2ccc3c(c2)OCCO3)cc1OC. The summed E-state index contributed by atoms with van der Waals surface area (Å²) in [5.74, 6) is 4.22. The van der Waals surface area contributed by atoms with E-state index in [0.717, 1.165) is 0 Å². The van der Waals surface area contributed by atoms with Gasteiger partial charge in [0.05, 0.1) is 12.1 Å². The van der Waals surface area contributed by atoms with Crippen LogP contribution in [0, 0.1) is 12.3 Å². The van der Waals surface area contributed by atoms with E-state index in [-0.39, 0.29) is 12.4 Å². The van der Waals surface area contributed by atoms with E-state index in [0.29, 0.717) is 52.4 Å². The number of halogens is 1. The molecule has 0 atom stereocenters. The van der Waals surface area contributed by atoms with E-state index in [1.165, 1.54) is 13.2 Å². The second-order valence-corrected chi connectivity index (χ2v) is 5.99. The second-order valence-electron chi connectivity index (χ2n) is 5.58. The summed E-state index contributed by atoms with van der Waals surface area (Å²) in [5.41, 5.74) is 1.19. The highest BCUT2D eigenvalue weighted by molar-refractivity contribution is 6.32. The molecule has 2 aromatic rings. The fraction of sp³-hybridized carbons (Fsp3) is 0.190. The van der Waals surface area contributed by atoms with Crippen molar-refractivity contribution in [2.24, 2.45) is 0 Å². The van der Waals surface area contributed by atoms with Crippen LogP contribution in [0.4, 0.5) is 0 Å². The molecular weight excluding hydrogens is 368 g/mol. The van der Waals surface area contributed by atoms with Crippen molar-refractivity contribution in [2.75, 3.05) is 26.9 Å². The van der Waals surface area contributed by atoms with Gasteiger partial charge in [-0.1, -0.05) is 23.6 Å². The van der Waals surface area contributed by atoms with Gasteiger partial charge in [-0.25, -0.2) is 0 Å². The van der Waals surface area contributed by atoms with E-state index in [4.69, 9.17) is 37.0 Å². The zero-order chi connectivity index (χ0) is 19.2. The normalized spacial score (nSPS) is 12.5. The molecule has 0 aromatic heterocycles. The first-order valence-electron chi connectivity index (χ1n) is 8.18. The topological polar surface area (TPSA) is 54.0 Å². The predicted molar refractivity (Wildman–Crippen MR) is 103 cm³/mol. The minimum Gasteiger partial charge on any atom is -0.493 e. The minimum atomic E-state index is -0.172. The van der Waals surface area contributed by atoms with Crippen LogP contribution in [-0.4, -0.2) is 32.7 Å². The van der Waals surface area contributed by atoms with Crippen LogP contribution in [0.3, 0.4) is 0 Å². The number of allylic oxidation sites excluding steroid dienone is 1. The van der Waals surface area contributed by atoms with Crippen molar-refractivity contribution in [1.82, 2.24) is 0 Å². The van der Waals surface area contributed by atoms with Gasteiger partial charge in [-0.2, -0.15) is 0 Å². The van der Waals surface area contributed by atoms with E-state index >= 15 is 0 Å². The maximum atomic E-state index is 12.5. The Labute approximate surface area is 162 Å². The first kappa shape index (κ1) is 18.7. The largest absolute Gasteiger partial charge is 0.493 e. The molecule has 1 aliphatic rings. The molecule has 0 aliphatic carbocycles. The molecule has 0 N–H and O–H groups in total. The summed E-state index contributed by atoms with van der Waals surface area (Å²) in [6, 6.07) is 8.48. The molecule has 0 spiro atoms. The Balaban J connectivity index is 1.80. The number of terminal acetylenes is 1. The number of rotatable bonds is 6. The Kier molecular flexibility index (Phi) is 5.90. The third kappa shape index (κ3) is 4.36. The Morgan fingerprint density at radius 2 is 2.04 bits per heavy atom. The second kappa shape index (κ2) is 8.52. The van der Waals surface area contributed by atoms with Crippen LogP contribution < -0.4 is 18.9 Å². The lowest BCUT2D eigenvalue weighted by Gasteiger charge is -2.18. The number of hydrogen-bond donors (Lipinski definition) is 0. The molecule has 2 aromatic carbocycles. The number of ether oxygens (including phenoxy) is 4. The lowest BCUT2D eigenvalue weighted by atomic mass is 10.1. The summed E-state index contributed by atoms with van der Waals surface area (Å²) in [5, 5.41) is 0.344. The fourth-order valence-electron chi connectivity index (χ4n) is 2.55. The van der Waals surface area contributed by atoms with Gasteiger partial charge in [0.15, 0.2) is 28.8 Å². The number of fused-ring (bicyclic) bond motifs is 1. The van der Waals surface area contributed by atoms with E-state index in [9.17, 15) is 4.79 Å². The van der Waals surface area contributed by atoms with Crippen LogP contribution >= 0.6 is 11.6 Å². The summed E-state index contributed by atoms with van der Waals surface area (Å²) in [6.07, 6.45) is 8.31. The number of carbonyl (C=O) groups excluding carboxylic acids is 1. The summed E-state index contributed by atoms with van der Waals surface area (Å²) in [6.45, 7) is 1.05. The fourth-order valence-corrected chi connectivity index (χ4v) is 2.83. The Hall–Kier alpha value is -3.10. The third-order valence-corrected chi connectivity index (χ3v) is 4.09. The summed E-state index contributed by atoms with van der Waals surface area (Å²) < 4.78 is 21.7. The van der Waals surface area contributed by atoms with Crippen LogP contribution in [0.1, 0.15) is 15.9 Å². The monoisotopic (exact) mass is 384 g/mol. The first-order valence-corrected chi connectivity index (χ1v) is 8.56. The van der Waals surface area contributed by atoms with Gasteiger partial charge in [0.2, 0.25) is 0 Å². The molecule has 0 saturated carbocycles. The molecule has 0 fully saturated rings. The third-order valence-electron chi connectivity index (χ3n) is 3.81. The Bertz CT molecular complexity index is 927. The van der Waals surface area contributed by atoms with Crippen LogP contribution in [0.2, 0.25) is 5.02 Å². The van der Waals surface area contributed by atoms with Crippen molar-refractivity contribution < 1.29 is 23.7 Å². The lowest BCUT2D eigenvalue weighted by molar-refractivity contribution is 0.104. The molecule has 138 valence electrons. The van der Waals surface area contributed by atoms with Gasteiger partial charge >= 0.3 is 0 Å². The van der Waals surface area contributed by atoms with Crippen molar-refractivity contribution >= 4 is 23.5 Å². The van der Waals surface area contributed by atoms with Crippen molar-refractivity contribution in [3.63, 3.8) is 0 Å². The molecule has 3 rings (SSSR count). The molecule has 0 amide bonds. The molecule has 1 aliphatic heterocycles. The van der Waals surface area contributed by atoms with Crippen molar-refractivity contribution in [1.29, 1.82) is 0 Å². The van der Waals surface area contributed by atoms with E-state index in [2.05, 4.69) is 5.92 Å². The average molecular weight is 385 g/mol. The van der Waals surface area contributed by atoms with Crippen LogP contribution in [0.5, 0.6) is 23.0 Å². The molecule has 1 heterocycles. The van der Waals surface area contributed by atoms with Crippen molar-refractivity contribution in [2.45, 2.75) is 0 Å². The maximum Gasteiger partial charge on any atom is 0.185 e. The Morgan fingerprint density at radius 3 is 2.78 bits per heavy atom. The molecule has 6 heteroatoms. The zero-order valence-electron chi connectivity index (χ0n) is 14.7. The highest BCUT2D eigenvalue weighted by Crippen LogP contribution is 2.37. The van der Waals surface area contributed by atoms with Gasteiger partial charge in [-0.3, -0.25) is 4.79 Å². The van der Waals surface area contributed by atoms with Gasteiger partial charge in [-0.15, -0.1) is 6.42 Å². The number of methoxy groups -OCH3 is 1. The molecular formula is C21H17ClO5. The van der Waals surface area contributed by atoms with E-state index < -0.39 is 0 Å². The van der Waals surface area contributed by atoms with Gasteiger partial charge in [0.25, 0.3) is 0 Å². The predicted octanol–water partition coefficient (Wildman–Crippen LogP) is 4.03. The average Bonchev–Trinajstić information content (AvgIpc) is 2.70. The lowest BCUT2D eigenvalue weighted by Crippen LogP contribution is -2.15. The smallest absolute Gasteiger partial charge is 0.185 e. The highest BCUT2D eigenvalue weighted by Gasteiger charge is 2.14. The van der Waals surface area contributed by atoms with Crippen molar-refractivity contribution in [3.05, 3.63) is 52.6 Å². The molecule has 5 nitrogen and oxygen atoms in total. The van der Waals surface area contributed by atoms with Gasteiger partial charge in [0, 0.05) is 5.56 Å². The van der Waals surface area contributed by atoms with E-state index in [1.54, 1.807) is 36.4 Å². The molecule has 0 saturated heterocycles. The molecule has 0 radical (unpaired) electrons. The minimum absolute atomic E-state index is 0.0772. The first-order chi connectivity index (χ1) is 13.1. The van der Waals surface area contributed by atoms with Gasteiger partial charge < -0.3 is 18.9 Å². The zero-order valence-corrected chi connectivity index (χ0v) is 15.4. The number of ketones is 1.